The molecule has 0 saturated carbocycles. The smallest absolute Gasteiger partial charge is 0.276 e. The standard InChI is InChI=1S/C19H23N5O4/c1-5-24-13(2)15(11-20-24)21-19(25)14-9-10-23(22-14)12-28-18-16(26-3)7-6-8-17(18)27-4/h6-11H,5,12H2,1-4H3,(H,21,25). The summed E-state index contributed by atoms with van der Waals surface area (Å²) in [6.45, 7) is 4.72. The van der Waals surface area contributed by atoms with Crippen molar-refractivity contribution in [2.45, 2.75) is 27.1 Å². The van der Waals surface area contributed by atoms with E-state index in [1.54, 1.807) is 44.8 Å². The van der Waals surface area contributed by atoms with Crippen LogP contribution in [0.25, 0.3) is 0 Å². The van der Waals surface area contributed by atoms with Crippen LogP contribution in [0.15, 0.2) is 36.7 Å². The van der Waals surface area contributed by atoms with E-state index in [0.29, 0.717) is 22.9 Å². The number of nitrogens with one attached hydrogen (secondary N) is 1. The van der Waals surface area contributed by atoms with Crippen molar-refractivity contribution in [2.75, 3.05) is 19.5 Å². The first kappa shape index (κ1) is 19.3. The number of anilines is 1. The Morgan fingerprint density at radius 2 is 1.89 bits per heavy atom. The number of methoxy groups -OCH3 is 2. The van der Waals surface area contributed by atoms with E-state index in [4.69, 9.17) is 14.2 Å². The van der Waals surface area contributed by atoms with Gasteiger partial charge in [-0.1, -0.05) is 6.07 Å². The van der Waals surface area contributed by atoms with Gasteiger partial charge in [0.05, 0.1) is 31.8 Å². The lowest BCUT2D eigenvalue weighted by molar-refractivity contribution is 0.102. The summed E-state index contributed by atoms with van der Waals surface area (Å²) in [6, 6.07) is 6.98. The number of carbonyl (C=O) groups is 1. The number of hydrogen-bond donors (Lipinski definition) is 1. The minimum Gasteiger partial charge on any atom is -0.493 e. The van der Waals surface area contributed by atoms with E-state index in [9.17, 15) is 4.79 Å². The van der Waals surface area contributed by atoms with Crippen LogP contribution in [0.4, 0.5) is 5.69 Å². The molecule has 0 atom stereocenters. The van der Waals surface area contributed by atoms with E-state index in [0.717, 1.165) is 12.2 Å². The second kappa shape index (κ2) is 8.47. The van der Waals surface area contributed by atoms with Gasteiger partial charge in [0.1, 0.15) is 0 Å². The summed E-state index contributed by atoms with van der Waals surface area (Å²) in [6.07, 6.45) is 3.30. The number of amides is 1. The molecule has 9 nitrogen and oxygen atoms in total. The van der Waals surface area contributed by atoms with Crippen molar-refractivity contribution in [3.05, 3.63) is 48.0 Å². The highest BCUT2D eigenvalue weighted by molar-refractivity contribution is 6.03. The lowest BCUT2D eigenvalue weighted by atomic mass is 10.3. The van der Waals surface area contributed by atoms with Crippen molar-refractivity contribution in [1.82, 2.24) is 19.6 Å². The molecule has 0 radical (unpaired) electrons. The van der Waals surface area contributed by atoms with Crippen molar-refractivity contribution in [1.29, 1.82) is 0 Å². The van der Waals surface area contributed by atoms with Crippen LogP contribution < -0.4 is 19.5 Å². The van der Waals surface area contributed by atoms with Crippen LogP contribution in [0.5, 0.6) is 17.2 Å². The maximum atomic E-state index is 12.4. The third-order valence-electron chi connectivity index (χ3n) is 4.25. The monoisotopic (exact) mass is 385 g/mol. The second-order valence-corrected chi connectivity index (χ2v) is 5.92. The van der Waals surface area contributed by atoms with Crippen molar-refractivity contribution in [3.63, 3.8) is 0 Å². The normalized spacial score (nSPS) is 10.6. The molecule has 1 amide bonds. The molecule has 0 aliphatic rings. The van der Waals surface area contributed by atoms with Gasteiger partial charge in [-0.05, 0) is 32.0 Å². The zero-order chi connectivity index (χ0) is 20.1. The predicted molar refractivity (Wildman–Crippen MR) is 103 cm³/mol. The molecular formula is C19H23N5O4. The third-order valence-corrected chi connectivity index (χ3v) is 4.25. The Morgan fingerprint density at radius 3 is 2.50 bits per heavy atom. The summed E-state index contributed by atoms with van der Waals surface area (Å²) >= 11 is 0. The summed E-state index contributed by atoms with van der Waals surface area (Å²) in [5.41, 5.74) is 1.83. The van der Waals surface area contributed by atoms with Gasteiger partial charge in [0.15, 0.2) is 23.9 Å². The highest BCUT2D eigenvalue weighted by Crippen LogP contribution is 2.36. The number of rotatable bonds is 8. The molecule has 0 unspecified atom stereocenters. The number of aromatic nitrogens is 4. The number of hydrogen-bond acceptors (Lipinski definition) is 6. The zero-order valence-corrected chi connectivity index (χ0v) is 16.3. The Kier molecular flexibility index (Phi) is 5.83. The van der Waals surface area contributed by atoms with Crippen LogP contribution in [-0.4, -0.2) is 39.7 Å². The molecule has 148 valence electrons. The highest BCUT2D eigenvalue weighted by Gasteiger charge is 2.15. The number of ether oxygens (including phenoxy) is 3. The van der Waals surface area contributed by atoms with Gasteiger partial charge in [0, 0.05) is 12.7 Å². The van der Waals surface area contributed by atoms with Crippen LogP contribution in [0, 0.1) is 6.92 Å². The lowest BCUT2D eigenvalue weighted by Gasteiger charge is -2.13. The molecule has 3 aromatic rings. The topological polar surface area (TPSA) is 92.4 Å². The first-order valence-electron chi connectivity index (χ1n) is 8.78. The molecule has 0 aliphatic carbocycles. The number of aryl methyl sites for hydroxylation is 1. The fourth-order valence-electron chi connectivity index (χ4n) is 2.72. The third kappa shape index (κ3) is 3.93. The number of para-hydroxylation sites is 1. The van der Waals surface area contributed by atoms with E-state index >= 15 is 0 Å². The van der Waals surface area contributed by atoms with Crippen molar-refractivity contribution in [3.8, 4) is 17.2 Å². The minimum absolute atomic E-state index is 0.0941. The van der Waals surface area contributed by atoms with Gasteiger partial charge in [-0.3, -0.25) is 9.48 Å². The van der Waals surface area contributed by atoms with Gasteiger partial charge in [-0.2, -0.15) is 10.2 Å². The van der Waals surface area contributed by atoms with Crippen LogP contribution in [0.3, 0.4) is 0 Å². The molecule has 9 heteroatoms. The van der Waals surface area contributed by atoms with Crippen molar-refractivity contribution >= 4 is 11.6 Å². The van der Waals surface area contributed by atoms with Crippen molar-refractivity contribution < 1.29 is 19.0 Å². The number of benzene rings is 1. The molecule has 0 fully saturated rings. The molecular weight excluding hydrogens is 362 g/mol. The van der Waals surface area contributed by atoms with E-state index < -0.39 is 0 Å². The van der Waals surface area contributed by atoms with Gasteiger partial charge in [-0.15, -0.1) is 0 Å². The molecule has 0 bridgehead atoms. The Labute approximate surface area is 162 Å². The van der Waals surface area contributed by atoms with Gasteiger partial charge in [-0.25, -0.2) is 4.68 Å². The van der Waals surface area contributed by atoms with E-state index in [1.165, 1.54) is 4.68 Å². The molecule has 0 spiro atoms. The zero-order valence-electron chi connectivity index (χ0n) is 16.3. The predicted octanol–water partition coefficient (Wildman–Crippen LogP) is 2.71. The van der Waals surface area contributed by atoms with Crippen molar-refractivity contribution in [2.24, 2.45) is 0 Å². The van der Waals surface area contributed by atoms with E-state index in [1.807, 2.05) is 24.6 Å². The average Bonchev–Trinajstić information content (AvgIpc) is 3.33. The summed E-state index contributed by atoms with van der Waals surface area (Å²) in [5.74, 6) is 1.25. The first-order chi connectivity index (χ1) is 13.6. The average molecular weight is 385 g/mol. The molecule has 0 aliphatic heterocycles. The first-order valence-corrected chi connectivity index (χ1v) is 8.78. The van der Waals surface area contributed by atoms with Gasteiger partial charge < -0.3 is 19.5 Å². The highest BCUT2D eigenvalue weighted by atomic mass is 16.5. The molecule has 28 heavy (non-hydrogen) atoms. The fraction of sp³-hybridized carbons (Fsp3) is 0.316. The molecule has 2 aromatic heterocycles. The largest absolute Gasteiger partial charge is 0.493 e. The Bertz CT molecular complexity index is 941. The molecule has 3 rings (SSSR count). The quantitative estimate of drug-likeness (QED) is 0.641. The number of carbonyl (C=O) groups excluding carboxylic acids is 1. The van der Waals surface area contributed by atoms with E-state index in [-0.39, 0.29) is 18.3 Å². The minimum atomic E-state index is -0.313. The van der Waals surface area contributed by atoms with Gasteiger partial charge >= 0.3 is 0 Å². The maximum Gasteiger partial charge on any atom is 0.276 e. The van der Waals surface area contributed by atoms with Gasteiger partial charge in [0.25, 0.3) is 5.91 Å². The number of nitrogens with zero attached hydrogens (tertiary/aromatic N) is 4. The van der Waals surface area contributed by atoms with Crippen LogP contribution >= 0.6 is 0 Å². The summed E-state index contributed by atoms with van der Waals surface area (Å²) in [7, 11) is 3.11. The van der Waals surface area contributed by atoms with Gasteiger partial charge in [0.2, 0.25) is 5.75 Å². The van der Waals surface area contributed by atoms with E-state index in [2.05, 4.69) is 15.5 Å². The summed E-state index contributed by atoms with van der Waals surface area (Å²) in [5, 5.41) is 11.3. The van der Waals surface area contributed by atoms with Crippen LogP contribution in [0.1, 0.15) is 23.1 Å². The Hall–Kier alpha value is -3.49. The summed E-state index contributed by atoms with van der Waals surface area (Å²) in [4.78, 5) is 12.4. The Morgan fingerprint density at radius 1 is 1.18 bits per heavy atom. The molecule has 1 N–H and O–H groups in total. The second-order valence-electron chi connectivity index (χ2n) is 5.92. The maximum absolute atomic E-state index is 12.4. The SMILES string of the molecule is CCn1ncc(NC(=O)c2ccn(COc3c(OC)cccc3OC)n2)c1C. The van der Waals surface area contributed by atoms with Crippen LogP contribution in [0.2, 0.25) is 0 Å². The van der Waals surface area contributed by atoms with Crippen LogP contribution in [-0.2, 0) is 13.3 Å². The summed E-state index contributed by atoms with van der Waals surface area (Å²) < 4.78 is 19.7. The lowest BCUT2D eigenvalue weighted by Crippen LogP contribution is -2.15. The fourth-order valence-corrected chi connectivity index (χ4v) is 2.72. The molecule has 1 aromatic carbocycles. The molecule has 0 saturated heterocycles. The molecule has 2 heterocycles. The Balaban J connectivity index is 1.67.